The van der Waals surface area contributed by atoms with E-state index in [1.807, 2.05) is 6.92 Å². The molecule has 0 saturated heterocycles. The number of carbonyl (C=O) groups excluding carboxylic acids is 1. The van der Waals surface area contributed by atoms with E-state index < -0.39 is 5.41 Å². The van der Waals surface area contributed by atoms with Crippen LogP contribution in [0.2, 0.25) is 0 Å². The third kappa shape index (κ3) is 3.37. The van der Waals surface area contributed by atoms with Gasteiger partial charge in [-0.15, -0.1) is 0 Å². The van der Waals surface area contributed by atoms with E-state index in [-0.39, 0.29) is 17.8 Å². The van der Waals surface area contributed by atoms with Gasteiger partial charge in [0.05, 0.1) is 6.61 Å². The van der Waals surface area contributed by atoms with Gasteiger partial charge in [0.15, 0.2) is 5.84 Å². The average molecular weight is 231 g/mol. The number of amidine groups is 1. The summed E-state index contributed by atoms with van der Waals surface area (Å²) in [5.74, 6) is -0.355. The summed E-state index contributed by atoms with van der Waals surface area (Å²) in [5, 5.41) is 14.3. The highest BCUT2D eigenvalue weighted by Gasteiger charge is 2.36. The standard InChI is InChI=1S/C10H21N3O3/c1-5-10(3,8(11)13-15)9(14)12-7(2)6-16-4/h7,15H,5-6H2,1-4H3,(H2,11,13)(H,12,14). The van der Waals surface area contributed by atoms with Crippen molar-refractivity contribution >= 4 is 11.7 Å². The lowest BCUT2D eigenvalue weighted by molar-refractivity contribution is -0.128. The van der Waals surface area contributed by atoms with Gasteiger partial charge in [-0.1, -0.05) is 12.1 Å². The zero-order valence-electron chi connectivity index (χ0n) is 10.3. The Bertz CT molecular complexity index is 268. The molecule has 1 amide bonds. The summed E-state index contributed by atoms with van der Waals surface area (Å²) in [6, 6.07) is -0.116. The van der Waals surface area contributed by atoms with Crippen molar-refractivity contribution in [2.75, 3.05) is 13.7 Å². The molecule has 16 heavy (non-hydrogen) atoms. The quantitative estimate of drug-likeness (QED) is 0.265. The minimum absolute atomic E-state index is 0.0860. The largest absolute Gasteiger partial charge is 0.409 e. The maximum atomic E-state index is 11.9. The number of hydrogen-bond acceptors (Lipinski definition) is 4. The highest BCUT2D eigenvalue weighted by molar-refractivity contribution is 6.06. The molecule has 0 bridgehead atoms. The Hall–Kier alpha value is -1.30. The molecule has 0 heterocycles. The Morgan fingerprint density at radius 2 is 2.25 bits per heavy atom. The SMILES string of the molecule is CCC(C)(C(=O)NC(C)COC)C(N)=NO. The monoisotopic (exact) mass is 231 g/mol. The fraction of sp³-hybridized carbons (Fsp3) is 0.800. The Morgan fingerprint density at radius 1 is 1.69 bits per heavy atom. The summed E-state index contributed by atoms with van der Waals surface area (Å²) in [5.41, 5.74) is 4.53. The minimum atomic E-state index is -0.989. The Morgan fingerprint density at radius 3 is 2.62 bits per heavy atom. The van der Waals surface area contributed by atoms with Crippen LogP contribution in [0.3, 0.4) is 0 Å². The molecule has 0 radical (unpaired) electrons. The van der Waals surface area contributed by atoms with E-state index in [2.05, 4.69) is 10.5 Å². The summed E-state index contributed by atoms with van der Waals surface area (Å²) in [6.45, 7) is 5.68. The lowest BCUT2D eigenvalue weighted by Gasteiger charge is -2.27. The predicted molar refractivity (Wildman–Crippen MR) is 61.3 cm³/mol. The summed E-state index contributed by atoms with van der Waals surface area (Å²) in [7, 11) is 1.56. The van der Waals surface area contributed by atoms with Crippen LogP contribution < -0.4 is 11.1 Å². The van der Waals surface area contributed by atoms with E-state index in [0.717, 1.165) is 0 Å². The zero-order chi connectivity index (χ0) is 12.8. The normalized spacial score (nSPS) is 17.6. The van der Waals surface area contributed by atoms with Gasteiger partial charge in [0.1, 0.15) is 5.41 Å². The van der Waals surface area contributed by atoms with Gasteiger partial charge in [-0.2, -0.15) is 0 Å². The van der Waals surface area contributed by atoms with Crippen LogP contribution in [0.1, 0.15) is 27.2 Å². The van der Waals surface area contributed by atoms with E-state index >= 15 is 0 Å². The molecule has 0 aliphatic heterocycles. The number of nitrogens with zero attached hydrogens (tertiary/aromatic N) is 1. The van der Waals surface area contributed by atoms with Crippen molar-refractivity contribution in [1.29, 1.82) is 0 Å². The second-order valence-corrected chi connectivity index (χ2v) is 4.00. The van der Waals surface area contributed by atoms with Gasteiger partial charge in [0, 0.05) is 13.2 Å². The van der Waals surface area contributed by atoms with E-state index in [1.54, 1.807) is 21.0 Å². The smallest absolute Gasteiger partial charge is 0.233 e. The second kappa shape index (κ2) is 6.32. The number of amides is 1. The molecule has 0 aliphatic rings. The summed E-state index contributed by atoms with van der Waals surface area (Å²) < 4.78 is 4.91. The molecule has 6 nitrogen and oxygen atoms in total. The highest BCUT2D eigenvalue weighted by atomic mass is 16.5. The number of nitrogens with two attached hydrogens (primary N) is 1. The van der Waals surface area contributed by atoms with Crippen LogP contribution in [-0.2, 0) is 9.53 Å². The van der Waals surface area contributed by atoms with E-state index in [0.29, 0.717) is 13.0 Å². The number of methoxy groups -OCH3 is 1. The molecule has 2 unspecified atom stereocenters. The molecule has 94 valence electrons. The molecule has 0 aromatic heterocycles. The number of ether oxygens (including phenoxy) is 1. The third-order valence-corrected chi connectivity index (χ3v) is 2.68. The average Bonchev–Trinajstić information content (AvgIpc) is 2.26. The fourth-order valence-corrected chi connectivity index (χ4v) is 1.24. The molecule has 2 atom stereocenters. The van der Waals surface area contributed by atoms with Crippen LogP contribution in [0.4, 0.5) is 0 Å². The van der Waals surface area contributed by atoms with Crippen LogP contribution >= 0.6 is 0 Å². The fourth-order valence-electron chi connectivity index (χ4n) is 1.24. The first-order chi connectivity index (χ1) is 7.42. The second-order valence-electron chi connectivity index (χ2n) is 4.00. The lowest BCUT2D eigenvalue weighted by Crippen LogP contribution is -2.50. The van der Waals surface area contributed by atoms with Crippen molar-refractivity contribution < 1.29 is 14.7 Å². The molecular formula is C10H21N3O3. The van der Waals surface area contributed by atoms with E-state index in [4.69, 9.17) is 15.7 Å². The third-order valence-electron chi connectivity index (χ3n) is 2.68. The molecule has 0 spiro atoms. The van der Waals surface area contributed by atoms with Crippen LogP contribution in [0.5, 0.6) is 0 Å². The first kappa shape index (κ1) is 14.7. The van der Waals surface area contributed by atoms with E-state index in [9.17, 15) is 4.79 Å². The van der Waals surface area contributed by atoms with Crippen molar-refractivity contribution in [2.45, 2.75) is 33.2 Å². The molecule has 4 N–H and O–H groups in total. The minimum Gasteiger partial charge on any atom is -0.409 e. The van der Waals surface area contributed by atoms with Crippen LogP contribution in [-0.4, -0.2) is 36.7 Å². The number of carbonyl (C=O) groups is 1. The van der Waals surface area contributed by atoms with Crippen LogP contribution in [0, 0.1) is 5.41 Å². The first-order valence-corrected chi connectivity index (χ1v) is 5.20. The zero-order valence-corrected chi connectivity index (χ0v) is 10.3. The van der Waals surface area contributed by atoms with Gasteiger partial charge in [-0.3, -0.25) is 4.79 Å². The number of hydrogen-bond donors (Lipinski definition) is 3. The van der Waals surface area contributed by atoms with Crippen molar-refractivity contribution in [3.05, 3.63) is 0 Å². The van der Waals surface area contributed by atoms with Gasteiger partial charge in [0.25, 0.3) is 0 Å². The van der Waals surface area contributed by atoms with Gasteiger partial charge in [0.2, 0.25) is 5.91 Å². The Balaban J connectivity index is 4.66. The summed E-state index contributed by atoms with van der Waals surface area (Å²) >= 11 is 0. The maximum Gasteiger partial charge on any atom is 0.233 e. The molecular weight excluding hydrogens is 210 g/mol. The molecule has 0 aliphatic carbocycles. The molecule has 0 fully saturated rings. The maximum absolute atomic E-state index is 11.9. The molecule has 0 aromatic rings. The molecule has 0 rings (SSSR count). The summed E-state index contributed by atoms with van der Waals surface area (Å²) in [4.78, 5) is 11.9. The van der Waals surface area contributed by atoms with Crippen molar-refractivity contribution in [1.82, 2.24) is 5.32 Å². The number of rotatable bonds is 6. The van der Waals surface area contributed by atoms with Gasteiger partial charge < -0.3 is 21.0 Å². The number of nitrogens with one attached hydrogen (secondary N) is 1. The first-order valence-electron chi connectivity index (χ1n) is 5.20. The van der Waals surface area contributed by atoms with E-state index in [1.165, 1.54) is 0 Å². The molecule has 0 aromatic carbocycles. The molecule has 0 saturated carbocycles. The molecule has 6 heteroatoms. The van der Waals surface area contributed by atoms with Crippen molar-refractivity contribution in [3.63, 3.8) is 0 Å². The highest BCUT2D eigenvalue weighted by Crippen LogP contribution is 2.21. The summed E-state index contributed by atoms with van der Waals surface area (Å²) in [6.07, 6.45) is 0.453. The van der Waals surface area contributed by atoms with Crippen LogP contribution in [0.25, 0.3) is 0 Å². The van der Waals surface area contributed by atoms with Crippen molar-refractivity contribution in [2.24, 2.45) is 16.3 Å². The Labute approximate surface area is 95.8 Å². The lowest BCUT2D eigenvalue weighted by atomic mass is 9.85. The van der Waals surface area contributed by atoms with Gasteiger partial charge in [-0.05, 0) is 20.3 Å². The number of oxime groups is 1. The van der Waals surface area contributed by atoms with Gasteiger partial charge in [-0.25, -0.2) is 0 Å². The predicted octanol–water partition coefficient (Wildman–Crippen LogP) is 0.300. The van der Waals surface area contributed by atoms with Gasteiger partial charge >= 0.3 is 0 Å². The topological polar surface area (TPSA) is 96.9 Å². The Kier molecular flexibility index (Phi) is 5.81. The van der Waals surface area contributed by atoms with Crippen molar-refractivity contribution in [3.8, 4) is 0 Å². The van der Waals surface area contributed by atoms with Crippen LogP contribution in [0.15, 0.2) is 5.16 Å².